The van der Waals surface area contributed by atoms with Crippen LogP contribution in [0.2, 0.25) is 5.02 Å². The van der Waals surface area contributed by atoms with Gasteiger partial charge >= 0.3 is 0 Å². The zero-order chi connectivity index (χ0) is 13.1. The van der Waals surface area contributed by atoms with Crippen molar-refractivity contribution in [2.24, 2.45) is 5.73 Å². The van der Waals surface area contributed by atoms with Crippen molar-refractivity contribution in [3.63, 3.8) is 0 Å². The average Bonchev–Trinajstić information content (AvgIpc) is 2.35. The Morgan fingerprint density at radius 2 is 1.83 bits per heavy atom. The van der Waals surface area contributed by atoms with Crippen LogP contribution in [0.25, 0.3) is 0 Å². The molecule has 0 heterocycles. The van der Waals surface area contributed by atoms with E-state index < -0.39 is 0 Å². The first-order valence-electron chi connectivity index (χ1n) is 5.82. The van der Waals surface area contributed by atoms with Crippen LogP contribution in [0.3, 0.4) is 0 Å². The highest BCUT2D eigenvalue weighted by atomic mass is 79.9. The Hall–Kier alpha value is -0.830. The minimum Gasteiger partial charge on any atom is -0.324 e. The molecule has 0 bridgehead atoms. The number of hydrogen-bond acceptors (Lipinski definition) is 1. The molecule has 2 aromatic carbocycles. The van der Waals surface area contributed by atoms with Crippen molar-refractivity contribution >= 4 is 27.5 Å². The van der Waals surface area contributed by atoms with Crippen LogP contribution in [0.5, 0.6) is 0 Å². The van der Waals surface area contributed by atoms with Crippen LogP contribution < -0.4 is 5.73 Å². The number of aryl methyl sites for hydroxylation is 1. The Morgan fingerprint density at radius 1 is 1.17 bits per heavy atom. The maximum atomic E-state index is 6.21. The first-order valence-corrected chi connectivity index (χ1v) is 6.99. The van der Waals surface area contributed by atoms with Crippen LogP contribution in [0.1, 0.15) is 22.7 Å². The predicted octanol–water partition coefficient (Wildman–Crippen LogP) is 4.65. The highest BCUT2D eigenvalue weighted by Crippen LogP contribution is 2.26. The van der Waals surface area contributed by atoms with Crippen molar-refractivity contribution in [1.29, 1.82) is 0 Å². The van der Waals surface area contributed by atoms with Crippen molar-refractivity contribution < 1.29 is 0 Å². The molecule has 18 heavy (non-hydrogen) atoms. The van der Waals surface area contributed by atoms with E-state index in [4.69, 9.17) is 17.3 Å². The topological polar surface area (TPSA) is 26.0 Å². The van der Waals surface area contributed by atoms with E-state index in [9.17, 15) is 0 Å². The minimum atomic E-state index is -0.0293. The molecule has 1 unspecified atom stereocenters. The molecule has 2 aromatic rings. The summed E-state index contributed by atoms with van der Waals surface area (Å²) in [7, 11) is 0. The summed E-state index contributed by atoms with van der Waals surface area (Å²) in [4.78, 5) is 0. The van der Waals surface area contributed by atoms with Crippen LogP contribution in [-0.2, 0) is 6.42 Å². The van der Waals surface area contributed by atoms with E-state index in [2.05, 4.69) is 47.1 Å². The number of nitrogens with two attached hydrogens (primary N) is 1. The highest BCUT2D eigenvalue weighted by Gasteiger charge is 2.08. The molecule has 0 saturated carbocycles. The van der Waals surface area contributed by atoms with E-state index in [1.165, 1.54) is 11.1 Å². The van der Waals surface area contributed by atoms with Crippen molar-refractivity contribution in [1.82, 2.24) is 0 Å². The van der Waals surface area contributed by atoms with Crippen molar-refractivity contribution in [3.8, 4) is 0 Å². The van der Waals surface area contributed by atoms with E-state index in [0.29, 0.717) is 5.02 Å². The van der Waals surface area contributed by atoms with E-state index in [1.807, 2.05) is 18.2 Å². The average molecular weight is 325 g/mol. The molecular weight excluding hydrogens is 310 g/mol. The maximum absolute atomic E-state index is 6.21. The van der Waals surface area contributed by atoms with Crippen LogP contribution in [0.4, 0.5) is 0 Å². The van der Waals surface area contributed by atoms with E-state index >= 15 is 0 Å². The van der Waals surface area contributed by atoms with Gasteiger partial charge in [0.25, 0.3) is 0 Å². The molecule has 0 aromatic heterocycles. The van der Waals surface area contributed by atoms with E-state index in [-0.39, 0.29) is 6.04 Å². The van der Waals surface area contributed by atoms with Crippen LogP contribution in [0, 0.1) is 6.92 Å². The van der Waals surface area contributed by atoms with Crippen LogP contribution in [-0.4, -0.2) is 0 Å². The zero-order valence-electron chi connectivity index (χ0n) is 10.2. The number of halogens is 2. The van der Waals surface area contributed by atoms with Gasteiger partial charge in [-0.2, -0.15) is 0 Å². The van der Waals surface area contributed by atoms with Crippen LogP contribution >= 0.6 is 27.5 Å². The Balaban J connectivity index is 2.13. The number of rotatable bonds is 3. The lowest BCUT2D eigenvalue weighted by Gasteiger charge is -2.13. The summed E-state index contributed by atoms with van der Waals surface area (Å²) < 4.78 is 0.899. The quantitative estimate of drug-likeness (QED) is 0.873. The second kappa shape index (κ2) is 5.87. The van der Waals surface area contributed by atoms with Gasteiger partial charge in [-0.3, -0.25) is 0 Å². The molecule has 3 heteroatoms. The molecule has 0 saturated heterocycles. The fraction of sp³-hybridized carbons (Fsp3) is 0.200. The molecule has 94 valence electrons. The summed E-state index contributed by atoms with van der Waals surface area (Å²) in [6.07, 6.45) is 0.818. The third-order valence-electron chi connectivity index (χ3n) is 2.95. The van der Waals surface area contributed by atoms with Crippen molar-refractivity contribution in [2.45, 2.75) is 19.4 Å². The molecule has 2 N–H and O–H groups in total. The molecule has 0 aliphatic rings. The van der Waals surface area contributed by atoms with Crippen molar-refractivity contribution in [3.05, 3.63) is 68.7 Å². The maximum Gasteiger partial charge on any atom is 0.0551 e. The van der Waals surface area contributed by atoms with E-state index in [0.717, 1.165) is 16.5 Å². The highest BCUT2D eigenvalue weighted by molar-refractivity contribution is 9.10. The lowest BCUT2D eigenvalue weighted by Crippen LogP contribution is -2.13. The van der Waals surface area contributed by atoms with Crippen molar-refractivity contribution in [2.75, 3.05) is 0 Å². The molecular formula is C15H15BrClN. The van der Waals surface area contributed by atoms with Gasteiger partial charge < -0.3 is 5.73 Å². The SMILES string of the molecule is Cc1ccc(CC(N)c2ccc(Br)c(Cl)c2)cc1. The van der Waals surface area contributed by atoms with Gasteiger partial charge in [-0.15, -0.1) is 0 Å². The second-order valence-corrected chi connectivity index (χ2v) is 5.73. The normalized spacial score (nSPS) is 12.4. The second-order valence-electron chi connectivity index (χ2n) is 4.47. The monoisotopic (exact) mass is 323 g/mol. The fourth-order valence-electron chi connectivity index (χ4n) is 1.84. The van der Waals surface area contributed by atoms with Gasteiger partial charge in [0, 0.05) is 10.5 Å². The summed E-state index contributed by atoms with van der Waals surface area (Å²) in [6.45, 7) is 2.08. The largest absolute Gasteiger partial charge is 0.324 e. The molecule has 1 atom stereocenters. The Kier molecular flexibility index (Phi) is 4.44. The van der Waals surface area contributed by atoms with Crippen LogP contribution in [0.15, 0.2) is 46.9 Å². The molecule has 0 aliphatic carbocycles. The molecule has 1 nitrogen and oxygen atoms in total. The standard InChI is InChI=1S/C15H15BrClN/c1-10-2-4-11(5-3-10)8-15(18)12-6-7-13(16)14(17)9-12/h2-7,9,15H,8,18H2,1H3. The first-order chi connectivity index (χ1) is 8.56. The summed E-state index contributed by atoms with van der Waals surface area (Å²) >= 11 is 9.46. The molecule has 0 aliphatic heterocycles. The third-order valence-corrected chi connectivity index (χ3v) is 4.18. The number of benzene rings is 2. The van der Waals surface area contributed by atoms with Gasteiger partial charge in [0.05, 0.1) is 5.02 Å². The minimum absolute atomic E-state index is 0.0293. The van der Waals surface area contributed by atoms with E-state index in [1.54, 1.807) is 0 Å². The number of hydrogen-bond donors (Lipinski definition) is 1. The predicted molar refractivity (Wildman–Crippen MR) is 81.0 cm³/mol. The molecule has 0 radical (unpaired) electrons. The summed E-state index contributed by atoms with van der Waals surface area (Å²) in [5.74, 6) is 0. The van der Waals surface area contributed by atoms with Gasteiger partial charge in [0.15, 0.2) is 0 Å². The Labute approximate surface area is 121 Å². The summed E-state index contributed by atoms with van der Waals surface area (Å²) in [5.41, 5.74) is 9.77. The lowest BCUT2D eigenvalue weighted by atomic mass is 9.99. The summed E-state index contributed by atoms with van der Waals surface area (Å²) in [6, 6.07) is 14.3. The smallest absolute Gasteiger partial charge is 0.0551 e. The van der Waals surface area contributed by atoms with Gasteiger partial charge in [0.2, 0.25) is 0 Å². The van der Waals surface area contributed by atoms with Gasteiger partial charge in [-0.25, -0.2) is 0 Å². The first kappa shape index (κ1) is 13.6. The molecule has 0 spiro atoms. The fourth-order valence-corrected chi connectivity index (χ4v) is 2.27. The Morgan fingerprint density at radius 3 is 2.44 bits per heavy atom. The Bertz CT molecular complexity index is 537. The van der Waals surface area contributed by atoms with Gasteiger partial charge in [-0.05, 0) is 52.5 Å². The van der Waals surface area contributed by atoms with Gasteiger partial charge in [0.1, 0.15) is 0 Å². The molecule has 0 fully saturated rings. The lowest BCUT2D eigenvalue weighted by molar-refractivity contribution is 0.721. The summed E-state index contributed by atoms with van der Waals surface area (Å²) in [5, 5.41) is 0.701. The molecule has 0 amide bonds. The van der Waals surface area contributed by atoms with Gasteiger partial charge in [-0.1, -0.05) is 47.5 Å². The zero-order valence-corrected chi connectivity index (χ0v) is 12.5. The third kappa shape index (κ3) is 3.35. The molecule has 2 rings (SSSR count).